The Labute approximate surface area is 310 Å². The first kappa shape index (κ1) is 28.5. The van der Waals surface area contributed by atoms with Crippen LogP contribution in [0.1, 0.15) is 22.3 Å². The maximum absolute atomic E-state index is 6.53. The number of rotatable bonds is 1. The predicted octanol–water partition coefficient (Wildman–Crippen LogP) is 13.7. The molecule has 0 unspecified atom stereocenters. The van der Waals surface area contributed by atoms with Gasteiger partial charge in [0.2, 0.25) is 0 Å². The fourth-order valence-corrected chi connectivity index (χ4v) is 10.2. The second kappa shape index (κ2) is 10.1. The highest BCUT2D eigenvalue weighted by atomic mass is 16.3. The summed E-state index contributed by atoms with van der Waals surface area (Å²) in [6.07, 6.45) is 0. The van der Waals surface area contributed by atoms with Crippen molar-refractivity contribution in [2.45, 2.75) is 5.41 Å². The minimum absolute atomic E-state index is 0.462. The van der Waals surface area contributed by atoms with Crippen LogP contribution in [0.4, 0.5) is 0 Å². The van der Waals surface area contributed by atoms with Crippen molar-refractivity contribution in [2.24, 2.45) is 0 Å². The smallest absolute Gasteiger partial charge is 0.136 e. The summed E-state index contributed by atoms with van der Waals surface area (Å²) in [7, 11) is 0. The van der Waals surface area contributed by atoms with Gasteiger partial charge in [0.25, 0.3) is 0 Å². The summed E-state index contributed by atoms with van der Waals surface area (Å²) in [5.74, 6) is 0. The molecular weight excluding hydrogens is 655 g/mol. The molecule has 54 heavy (non-hydrogen) atoms. The van der Waals surface area contributed by atoms with Crippen LogP contribution in [0, 0.1) is 0 Å². The zero-order valence-electron chi connectivity index (χ0n) is 29.1. The third kappa shape index (κ3) is 3.48. The van der Waals surface area contributed by atoms with E-state index in [4.69, 9.17) is 9.40 Å². The summed E-state index contributed by atoms with van der Waals surface area (Å²) >= 11 is 0. The molecule has 0 N–H and O–H groups in total. The molecule has 0 saturated heterocycles. The summed E-state index contributed by atoms with van der Waals surface area (Å²) < 4.78 is 6.53. The van der Waals surface area contributed by atoms with E-state index in [0.717, 1.165) is 49.1 Å². The minimum atomic E-state index is -0.462. The van der Waals surface area contributed by atoms with Gasteiger partial charge in [-0.15, -0.1) is 0 Å². The Hall–Kier alpha value is -7.03. The van der Waals surface area contributed by atoms with Crippen molar-refractivity contribution in [1.82, 2.24) is 4.98 Å². The highest BCUT2D eigenvalue weighted by Gasteiger charge is 2.50. The lowest BCUT2D eigenvalue weighted by Crippen LogP contribution is -2.26. The van der Waals surface area contributed by atoms with Crippen LogP contribution < -0.4 is 0 Å². The molecular formula is C52H29NO. The zero-order valence-corrected chi connectivity index (χ0v) is 29.1. The van der Waals surface area contributed by atoms with Crippen LogP contribution in [0.5, 0.6) is 0 Å². The van der Waals surface area contributed by atoms with Crippen LogP contribution >= 0.6 is 0 Å². The van der Waals surface area contributed by atoms with Gasteiger partial charge in [0, 0.05) is 26.9 Å². The van der Waals surface area contributed by atoms with E-state index in [2.05, 4.69) is 176 Å². The number of hydrogen-bond donors (Lipinski definition) is 0. The third-order valence-corrected chi connectivity index (χ3v) is 12.4. The standard InChI is InChI=1S/C52H29NO/c1-2-10-30(11-3-1)31-20-23-36-34(26-31)29-46-33-22-25-47-41(28-33)50-35(14-9-19-48(50)54-47)32-21-24-44-40(27-32)49-39(51(36)53-46)15-8-18-45(49)52(44)42-16-6-4-12-37(42)38-13-5-7-17-43(38)52/h1-29H. The van der Waals surface area contributed by atoms with Gasteiger partial charge in [-0.05, 0) is 114 Å². The van der Waals surface area contributed by atoms with Crippen molar-refractivity contribution < 1.29 is 4.42 Å². The molecule has 0 amide bonds. The number of hydrogen-bond acceptors (Lipinski definition) is 2. The van der Waals surface area contributed by atoms with Gasteiger partial charge < -0.3 is 4.42 Å². The molecule has 0 atom stereocenters. The van der Waals surface area contributed by atoms with Crippen LogP contribution in [0.25, 0.3) is 98.3 Å². The monoisotopic (exact) mass is 683 g/mol. The molecule has 2 heteroatoms. The lowest BCUT2D eigenvalue weighted by atomic mass is 9.70. The average molecular weight is 684 g/mol. The van der Waals surface area contributed by atoms with E-state index >= 15 is 0 Å². The van der Waals surface area contributed by atoms with Crippen molar-refractivity contribution in [3.8, 4) is 22.3 Å². The summed E-state index contributed by atoms with van der Waals surface area (Å²) in [5, 5.41) is 11.7. The van der Waals surface area contributed by atoms with Crippen molar-refractivity contribution >= 4 is 76.1 Å². The van der Waals surface area contributed by atoms with E-state index < -0.39 is 5.41 Å². The highest BCUT2D eigenvalue weighted by Crippen LogP contribution is 2.62. The molecule has 248 valence electrons. The van der Waals surface area contributed by atoms with E-state index in [0.29, 0.717) is 0 Å². The van der Waals surface area contributed by atoms with E-state index in [1.807, 2.05) is 0 Å². The Kier molecular flexibility index (Phi) is 5.34. The van der Waals surface area contributed by atoms with E-state index in [1.165, 1.54) is 71.4 Å². The number of nitrogens with zero attached hydrogens (tertiary/aromatic N) is 1. The van der Waals surface area contributed by atoms with Gasteiger partial charge >= 0.3 is 0 Å². The molecule has 6 bridgehead atoms. The molecule has 13 rings (SSSR count). The third-order valence-electron chi connectivity index (χ3n) is 12.4. The van der Waals surface area contributed by atoms with Crippen molar-refractivity contribution in [2.75, 3.05) is 0 Å². The van der Waals surface area contributed by atoms with Crippen molar-refractivity contribution in [1.29, 1.82) is 0 Å². The maximum Gasteiger partial charge on any atom is 0.136 e. The van der Waals surface area contributed by atoms with Gasteiger partial charge in [-0.25, -0.2) is 4.98 Å². The SMILES string of the molecule is c1ccc(-c2ccc3c(c2)cc2nc3c3cccc4c3c3cc(ccc3C43c4ccccc4-c4ccccc43)c3cccc4oc5ccc2cc5c43)cc1. The van der Waals surface area contributed by atoms with Gasteiger partial charge in [0.05, 0.1) is 16.4 Å². The molecule has 0 fully saturated rings. The molecule has 0 radical (unpaired) electrons. The Morgan fingerprint density at radius 2 is 1.09 bits per heavy atom. The maximum atomic E-state index is 6.53. The number of pyridine rings is 1. The van der Waals surface area contributed by atoms with E-state index in [9.17, 15) is 0 Å². The van der Waals surface area contributed by atoms with Gasteiger partial charge in [-0.1, -0.05) is 133 Å². The molecule has 2 aliphatic carbocycles. The Morgan fingerprint density at radius 3 is 1.94 bits per heavy atom. The molecule has 3 aromatic heterocycles. The van der Waals surface area contributed by atoms with E-state index in [-0.39, 0.29) is 0 Å². The van der Waals surface area contributed by atoms with Crippen LogP contribution in [-0.4, -0.2) is 4.98 Å². The summed E-state index contributed by atoms with van der Waals surface area (Å²) in [6, 6.07) is 65.0. The molecule has 11 aromatic rings. The number of fused-ring (bicyclic) bond motifs is 16. The fourth-order valence-electron chi connectivity index (χ4n) is 10.2. The Bertz CT molecular complexity index is 3450. The lowest BCUT2D eigenvalue weighted by molar-refractivity contribution is 0.669. The highest BCUT2D eigenvalue weighted by molar-refractivity contribution is 6.23. The Morgan fingerprint density at radius 1 is 0.370 bits per heavy atom. The Balaban J connectivity index is 1.31. The second-order valence-electron chi connectivity index (χ2n) is 15.0. The average Bonchev–Trinajstić information content (AvgIpc) is 3.86. The molecule has 3 heterocycles. The number of furan rings is 1. The molecule has 0 aliphatic heterocycles. The first-order valence-electron chi connectivity index (χ1n) is 18.7. The lowest BCUT2D eigenvalue weighted by Gasteiger charge is -2.30. The molecule has 0 saturated carbocycles. The predicted molar refractivity (Wildman–Crippen MR) is 224 cm³/mol. The summed E-state index contributed by atoms with van der Waals surface area (Å²) in [5.41, 5.74) is 13.6. The normalized spacial score (nSPS) is 13.7. The summed E-state index contributed by atoms with van der Waals surface area (Å²) in [6.45, 7) is 0. The fraction of sp³-hybridized carbons (Fsp3) is 0.0192. The number of benzene rings is 8. The quantitative estimate of drug-likeness (QED) is 0.172. The summed E-state index contributed by atoms with van der Waals surface area (Å²) in [4.78, 5) is 5.65. The van der Waals surface area contributed by atoms with Crippen LogP contribution in [0.15, 0.2) is 180 Å². The second-order valence-corrected chi connectivity index (χ2v) is 15.0. The largest absolute Gasteiger partial charge is 0.456 e. The van der Waals surface area contributed by atoms with Gasteiger partial charge in [-0.2, -0.15) is 0 Å². The van der Waals surface area contributed by atoms with Crippen LogP contribution in [-0.2, 0) is 5.41 Å². The zero-order chi connectivity index (χ0) is 35.1. The van der Waals surface area contributed by atoms with Gasteiger partial charge in [0.15, 0.2) is 0 Å². The van der Waals surface area contributed by atoms with Crippen molar-refractivity contribution in [3.63, 3.8) is 0 Å². The molecule has 1 spiro atoms. The molecule has 2 nitrogen and oxygen atoms in total. The molecule has 8 aromatic carbocycles. The van der Waals surface area contributed by atoms with Crippen LogP contribution in [0.3, 0.4) is 0 Å². The van der Waals surface area contributed by atoms with Gasteiger partial charge in [0.1, 0.15) is 11.2 Å². The minimum Gasteiger partial charge on any atom is -0.456 e. The number of aromatic nitrogens is 1. The first-order valence-corrected chi connectivity index (χ1v) is 18.7. The molecule has 2 aliphatic rings. The topological polar surface area (TPSA) is 26.0 Å². The van der Waals surface area contributed by atoms with Gasteiger partial charge in [-0.3, -0.25) is 0 Å². The van der Waals surface area contributed by atoms with Crippen molar-refractivity contribution in [3.05, 3.63) is 198 Å². The van der Waals surface area contributed by atoms with Crippen LogP contribution in [0.2, 0.25) is 0 Å². The van der Waals surface area contributed by atoms with E-state index in [1.54, 1.807) is 0 Å². The first-order chi connectivity index (χ1) is 26.8.